The fraction of sp³-hybridized carbons (Fsp3) is 0. The van der Waals surface area contributed by atoms with Crippen molar-refractivity contribution >= 4 is 17.0 Å². The van der Waals surface area contributed by atoms with Gasteiger partial charge < -0.3 is 5.32 Å². The highest BCUT2D eigenvalue weighted by molar-refractivity contribution is 5.78. The van der Waals surface area contributed by atoms with Crippen molar-refractivity contribution in [2.45, 2.75) is 0 Å². The molecular formula is C17H13N5. The Balaban J connectivity index is 1.73. The van der Waals surface area contributed by atoms with Crippen LogP contribution in [0.5, 0.6) is 0 Å². The third-order valence-corrected chi connectivity index (χ3v) is 3.40. The van der Waals surface area contributed by atoms with Gasteiger partial charge in [-0.25, -0.2) is 9.50 Å². The van der Waals surface area contributed by atoms with Crippen LogP contribution in [-0.4, -0.2) is 19.6 Å². The highest BCUT2D eigenvalue weighted by atomic mass is 15.2. The maximum absolute atomic E-state index is 4.68. The third-order valence-electron chi connectivity index (χ3n) is 3.40. The van der Waals surface area contributed by atoms with Crippen LogP contribution in [0.15, 0.2) is 73.3 Å². The number of pyridine rings is 3. The lowest BCUT2D eigenvalue weighted by Gasteiger charge is -2.06. The first-order valence-corrected chi connectivity index (χ1v) is 6.97. The van der Waals surface area contributed by atoms with Gasteiger partial charge in [0.1, 0.15) is 5.82 Å². The smallest absolute Gasteiger partial charge is 0.131 e. The summed E-state index contributed by atoms with van der Waals surface area (Å²) >= 11 is 0. The van der Waals surface area contributed by atoms with E-state index in [0.29, 0.717) is 0 Å². The Morgan fingerprint density at radius 2 is 1.82 bits per heavy atom. The van der Waals surface area contributed by atoms with Gasteiger partial charge in [-0.15, -0.1) is 0 Å². The number of anilines is 2. The van der Waals surface area contributed by atoms with Crippen LogP contribution in [0.4, 0.5) is 11.5 Å². The highest BCUT2D eigenvalue weighted by Crippen LogP contribution is 2.24. The first kappa shape index (κ1) is 12.5. The lowest BCUT2D eigenvalue weighted by atomic mass is 10.2. The maximum atomic E-state index is 4.68. The SMILES string of the molecule is c1cc(Nc2ccncc2)nc(-c2cnn3ccccc23)c1. The minimum Gasteiger partial charge on any atom is -0.340 e. The monoisotopic (exact) mass is 287 g/mol. The summed E-state index contributed by atoms with van der Waals surface area (Å²) in [6.07, 6.45) is 7.26. The second-order valence-electron chi connectivity index (χ2n) is 4.86. The van der Waals surface area contributed by atoms with Gasteiger partial charge in [-0.3, -0.25) is 4.98 Å². The number of hydrogen-bond acceptors (Lipinski definition) is 4. The van der Waals surface area contributed by atoms with Crippen molar-refractivity contribution in [1.29, 1.82) is 0 Å². The molecule has 0 saturated carbocycles. The van der Waals surface area contributed by atoms with E-state index < -0.39 is 0 Å². The summed E-state index contributed by atoms with van der Waals surface area (Å²) in [6.45, 7) is 0. The van der Waals surface area contributed by atoms with E-state index in [9.17, 15) is 0 Å². The Labute approximate surface area is 127 Å². The molecule has 0 atom stereocenters. The standard InChI is InChI=1S/C17H13N5/c1-2-11-22-16(5-1)14(12-19-22)15-4-3-6-17(21-15)20-13-7-9-18-10-8-13/h1-12H,(H,18,20,21). The van der Waals surface area contributed by atoms with Crippen LogP contribution >= 0.6 is 0 Å². The normalized spacial score (nSPS) is 10.7. The van der Waals surface area contributed by atoms with Crippen molar-refractivity contribution in [3.05, 3.63) is 73.3 Å². The van der Waals surface area contributed by atoms with E-state index in [1.165, 1.54) is 0 Å². The minimum absolute atomic E-state index is 0.791. The zero-order valence-corrected chi connectivity index (χ0v) is 11.7. The Kier molecular flexibility index (Phi) is 3.01. The molecule has 0 bridgehead atoms. The van der Waals surface area contributed by atoms with Crippen LogP contribution < -0.4 is 5.32 Å². The molecule has 4 heterocycles. The van der Waals surface area contributed by atoms with Crippen molar-refractivity contribution in [2.24, 2.45) is 0 Å². The first-order chi connectivity index (χ1) is 10.9. The second kappa shape index (κ2) is 5.29. The molecular weight excluding hydrogens is 274 g/mol. The fourth-order valence-electron chi connectivity index (χ4n) is 2.37. The molecule has 4 aromatic rings. The molecule has 106 valence electrons. The second-order valence-corrected chi connectivity index (χ2v) is 4.86. The van der Waals surface area contributed by atoms with Crippen molar-refractivity contribution in [3.8, 4) is 11.3 Å². The van der Waals surface area contributed by atoms with Crippen molar-refractivity contribution in [2.75, 3.05) is 5.32 Å². The van der Waals surface area contributed by atoms with E-state index in [2.05, 4.69) is 20.4 Å². The molecule has 4 rings (SSSR count). The average Bonchev–Trinajstić information content (AvgIpc) is 3.00. The Bertz CT molecular complexity index is 914. The number of hydrogen-bond donors (Lipinski definition) is 1. The molecule has 0 fully saturated rings. The van der Waals surface area contributed by atoms with E-state index in [0.717, 1.165) is 28.3 Å². The van der Waals surface area contributed by atoms with Gasteiger partial charge in [0.25, 0.3) is 0 Å². The summed E-state index contributed by atoms with van der Waals surface area (Å²) in [5, 5.41) is 7.63. The summed E-state index contributed by atoms with van der Waals surface area (Å²) in [4.78, 5) is 8.68. The predicted octanol–water partition coefficient (Wildman–Crippen LogP) is 3.53. The lowest BCUT2D eigenvalue weighted by Crippen LogP contribution is -1.94. The molecule has 0 radical (unpaired) electrons. The molecule has 22 heavy (non-hydrogen) atoms. The van der Waals surface area contributed by atoms with Crippen LogP contribution in [0.1, 0.15) is 0 Å². The molecule has 0 unspecified atom stereocenters. The van der Waals surface area contributed by atoms with E-state index in [1.807, 2.05) is 65.4 Å². The molecule has 4 aromatic heterocycles. The molecule has 0 spiro atoms. The van der Waals surface area contributed by atoms with Gasteiger partial charge in [-0.1, -0.05) is 12.1 Å². The molecule has 0 aliphatic rings. The quantitative estimate of drug-likeness (QED) is 0.626. The van der Waals surface area contributed by atoms with Crippen LogP contribution in [0, 0.1) is 0 Å². The molecule has 0 aliphatic heterocycles. The van der Waals surface area contributed by atoms with Crippen molar-refractivity contribution in [1.82, 2.24) is 19.6 Å². The van der Waals surface area contributed by atoms with E-state index >= 15 is 0 Å². The number of fused-ring (bicyclic) bond motifs is 1. The molecule has 0 aromatic carbocycles. The number of aromatic nitrogens is 4. The topological polar surface area (TPSA) is 55.1 Å². The van der Waals surface area contributed by atoms with E-state index in [1.54, 1.807) is 12.4 Å². The molecule has 0 amide bonds. The number of nitrogens with zero attached hydrogens (tertiary/aromatic N) is 4. The summed E-state index contributed by atoms with van der Waals surface area (Å²) in [5.74, 6) is 0.791. The van der Waals surface area contributed by atoms with Gasteiger partial charge in [0, 0.05) is 29.8 Å². The van der Waals surface area contributed by atoms with Crippen molar-refractivity contribution < 1.29 is 0 Å². The maximum Gasteiger partial charge on any atom is 0.131 e. The van der Waals surface area contributed by atoms with Gasteiger partial charge in [-0.2, -0.15) is 5.10 Å². The fourth-order valence-corrected chi connectivity index (χ4v) is 2.37. The van der Waals surface area contributed by atoms with Crippen LogP contribution in [-0.2, 0) is 0 Å². The van der Waals surface area contributed by atoms with E-state index in [4.69, 9.17) is 0 Å². The average molecular weight is 287 g/mol. The van der Waals surface area contributed by atoms with Crippen LogP contribution in [0.2, 0.25) is 0 Å². The summed E-state index contributed by atoms with van der Waals surface area (Å²) in [5.41, 5.74) is 3.90. The minimum atomic E-state index is 0.791. The van der Waals surface area contributed by atoms with Gasteiger partial charge in [-0.05, 0) is 36.4 Å². The Morgan fingerprint density at radius 1 is 0.909 bits per heavy atom. The lowest BCUT2D eigenvalue weighted by molar-refractivity contribution is 0.961. The number of nitrogens with one attached hydrogen (secondary N) is 1. The summed E-state index contributed by atoms with van der Waals surface area (Å²) < 4.78 is 1.85. The molecule has 0 aliphatic carbocycles. The number of rotatable bonds is 3. The molecule has 0 saturated heterocycles. The van der Waals surface area contributed by atoms with Crippen LogP contribution in [0.3, 0.4) is 0 Å². The first-order valence-electron chi connectivity index (χ1n) is 6.97. The van der Waals surface area contributed by atoms with Gasteiger partial charge >= 0.3 is 0 Å². The molecule has 1 N–H and O–H groups in total. The molecule has 5 nitrogen and oxygen atoms in total. The predicted molar refractivity (Wildman–Crippen MR) is 85.9 cm³/mol. The zero-order chi connectivity index (χ0) is 14.8. The largest absolute Gasteiger partial charge is 0.340 e. The third kappa shape index (κ3) is 2.29. The highest BCUT2D eigenvalue weighted by Gasteiger charge is 2.08. The van der Waals surface area contributed by atoms with Gasteiger partial charge in [0.15, 0.2) is 0 Å². The van der Waals surface area contributed by atoms with Gasteiger partial charge in [0.05, 0.1) is 17.4 Å². The van der Waals surface area contributed by atoms with Crippen LogP contribution in [0.25, 0.3) is 16.8 Å². The Hall–Kier alpha value is -3.21. The van der Waals surface area contributed by atoms with Gasteiger partial charge in [0.2, 0.25) is 0 Å². The van der Waals surface area contributed by atoms with Crippen molar-refractivity contribution in [3.63, 3.8) is 0 Å². The Morgan fingerprint density at radius 3 is 2.73 bits per heavy atom. The summed E-state index contributed by atoms with van der Waals surface area (Å²) in [6, 6.07) is 15.7. The molecule has 5 heteroatoms. The van der Waals surface area contributed by atoms with E-state index in [-0.39, 0.29) is 0 Å². The zero-order valence-electron chi connectivity index (χ0n) is 11.7. The summed E-state index contributed by atoms with van der Waals surface area (Å²) in [7, 11) is 0.